The molecule has 2 aromatic rings. The summed E-state index contributed by atoms with van der Waals surface area (Å²) in [6.07, 6.45) is 6.18. The number of hydrogen-bond acceptors (Lipinski definition) is 3. The number of fused-ring (bicyclic) bond motifs is 1. The lowest BCUT2D eigenvalue weighted by Gasteiger charge is -2.16. The number of amides is 1. The molecule has 0 fully saturated rings. The molecule has 2 aromatic carbocycles. The zero-order valence-electron chi connectivity index (χ0n) is 14.9. The molecule has 0 atom stereocenters. The molecule has 0 unspecified atom stereocenters. The Hall–Kier alpha value is -2.34. The zero-order valence-corrected chi connectivity index (χ0v) is 15.7. The van der Waals surface area contributed by atoms with Crippen molar-refractivity contribution < 1.29 is 13.2 Å². The fraction of sp³-hybridized carbons (Fsp3) is 0.350. The third-order valence-electron chi connectivity index (χ3n) is 4.50. The van der Waals surface area contributed by atoms with Crippen LogP contribution in [0.15, 0.2) is 42.5 Å². The van der Waals surface area contributed by atoms with Gasteiger partial charge in [0.15, 0.2) is 0 Å². The highest BCUT2D eigenvalue weighted by atomic mass is 32.2. The van der Waals surface area contributed by atoms with E-state index < -0.39 is 10.0 Å². The highest BCUT2D eigenvalue weighted by molar-refractivity contribution is 7.92. The van der Waals surface area contributed by atoms with Crippen LogP contribution < -0.4 is 10.0 Å². The van der Waals surface area contributed by atoms with Gasteiger partial charge in [-0.05, 0) is 60.1 Å². The van der Waals surface area contributed by atoms with E-state index in [2.05, 4.69) is 22.2 Å². The van der Waals surface area contributed by atoms with Gasteiger partial charge in [-0.2, -0.15) is 0 Å². The molecule has 0 radical (unpaired) electrons. The number of aryl methyl sites for hydroxylation is 2. The van der Waals surface area contributed by atoms with Crippen molar-refractivity contribution in [3.05, 3.63) is 64.7 Å². The summed E-state index contributed by atoms with van der Waals surface area (Å²) < 4.78 is 25.0. The molecule has 0 aliphatic heterocycles. The molecule has 0 bridgehead atoms. The van der Waals surface area contributed by atoms with Gasteiger partial charge in [0.25, 0.3) is 0 Å². The van der Waals surface area contributed by atoms with Crippen molar-refractivity contribution in [3.8, 4) is 0 Å². The Labute approximate surface area is 154 Å². The first-order valence-electron chi connectivity index (χ1n) is 8.83. The van der Waals surface area contributed by atoms with Crippen LogP contribution in [0.25, 0.3) is 0 Å². The molecule has 6 heteroatoms. The number of anilines is 1. The van der Waals surface area contributed by atoms with Crippen LogP contribution in [-0.2, 0) is 40.6 Å². The summed E-state index contributed by atoms with van der Waals surface area (Å²) in [4.78, 5) is 12.2. The van der Waals surface area contributed by atoms with E-state index in [4.69, 9.17) is 0 Å². The topological polar surface area (TPSA) is 75.3 Å². The van der Waals surface area contributed by atoms with E-state index in [1.54, 1.807) is 18.2 Å². The van der Waals surface area contributed by atoms with Crippen LogP contribution in [0.1, 0.15) is 35.1 Å². The molecule has 2 N–H and O–H groups in total. The number of sulfonamides is 1. The van der Waals surface area contributed by atoms with Crippen molar-refractivity contribution in [3.63, 3.8) is 0 Å². The highest BCUT2D eigenvalue weighted by Gasteiger charge is 2.11. The van der Waals surface area contributed by atoms with Crippen LogP contribution >= 0.6 is 0 Å². The highest BCUT2D eigenvalue weighted by Crippen LogP contribution is 2.22. The fourth-order valence-electron chi connectivity index (χ4n) is 3.30. The molecule has 138 valence electrons. The van der Waals surface area contributed by atoms with Gasteiger partial charge < -0.3 is 5.32 Å². The maximum absolute atomic E-state index is 12.2. The number of rotatable bonds is 6. The smallest absolute Gasteiger partial charge is 0.229 e. The molecule has 1 aliphatic rings. The van der Waals surface area contributed by atoms with E-state index >= 15 is 0 Å². The molecule has 1 amide bonds. The van der Waals surface area contributed by atoms with Gasteiger partial charge in [-0.1, -0.05) is 30.3 Å². The van der Waals surface area contributed by atoms with Crippen LogP contribution in [0.3, 0.4) is 0 Å². The first-order valence-corrected chi connectivity index (χ1v) is 10.7. The van der Waals surface area contributed by atoms with Crippen LogP contribution in [0.4, 0.5) is 5.69 Å². The van der Waals surface area contributed by atoms with Gasteiger partial charge in [0.2, 0.25) is 15.9 Å². The Kier molecular flexibility index (Phi) is 5.61. The minimum Gasteiger partial charge on any atom is -0.352 e. The lowest BCUT2D eigenvalue weighted by atomic mass is 9.90. The molecule has 0 spiro atoms. The second kappa shape index (κ2) is 7.91. The predicted molar refractivity (Wildman–Crippen MR) is 104 cm³/mol. The minimum atomic E-state index is -3.31. The Morgan fingerprint density at radius 2 is 1.77 bits per heavy atom. The Bertz CT molecular complexity index is 907. The Morgan fingerprint density at radius 3 is 2.54 bits per heavy atom. The van der Waals surface area contributed by atoms with E-state index in [0.29, 0.717) is 18.7 Å². The fourth-order valence-corrected chi connectivity index (χ4v) is 3.86. The molecule has 0 saturated heterocycles. The molecule has 1 aliphatic carbocycles. The van der Waals surface area contributed by atoms with Crippen molar-refractivity contribution in [1.82, 2.24) is 5.32 Å². The van der Waals surface area contributed by atoms with E-state index in [1.165, 1.54) is 24.0 Å². The summed E-state index contributed by atoms with van der Waals surface area (Å²) in [5, 5.41) is 2.90. The van der Waals surface area contributed by atoms with Crippen molar-refractivity contribution in [1.29, 1.82) is 0 Å². The third kappa shape index (κ3) is 5.33. The molecular formula is C20H24N2O3S. The first kappa shape index (κ1) is 18.5. The largest absolute Gasteiger partial charge is 0.352 e. The SMILES string of the molecule is CS(=O)(=O)Nc1cccc(CNC(=O)Cc2ccc3c(c2)CCCC3)c1. The van der Waals surface area contributed by atoms with Crippen molar-refractivity contribution >= 4 is 21.6 Å². The maximum atomic E-state index is 12.2. The number of carbonyl (C=O) groups excluding carboxylic acids is 1. The Morgan fingerprint density at radius 1 is 1.00 bits per heavy atom. The second-order valence-corrected chi connectivity index (χ2v) is 8.59. The van der Waals surface area contributed by atoms with E-state index in [0.717, 1.165) is 30.2 Å². The molecule has 3 rings (SSSR count). The van der Waals surface area contributed by atoms with Gasteiger partial charge >= 0.3 is 0 Å². The van der Waals surface area contributed by atoms with E-state index in [-0.39, 0.29) is 5.91 Å². The van der Waals surface area contributed by atoms with Crippen molar-refractivity contribution in [2.45, 2.75) is 38.6 Å². The lowest BCUT2D eigenvalue weighted by molar-refractivity contribution is -0.120. The number of nitrogens with one attached hydrogen (secondary N) is 2. The number of benzene rings is 2. The molecule has 0 aromatic heterocycles. The van der Waals surface area contributed by atoms with Gasteiger partial charge in [0.05, 0.1) is 12.7 Å². The summed E-state index contributed by atoms with van der Waals surface area (Å²) in [7, 11) is -3.31. The third-order valence-corrected chi connectivity index (χ3v) is 5.10. The maximum Gasteiger partial charge on any atom is 0.229 e. The van der Waals surface area contributed by atoms with Gasteiger partial charge in [-0.15, -0.1) is 0 Å². The number of carbonyl (C=O) groups is 1. The molecule has 5 nitrogen and oxygen atoms in total. The molecule has 0 heterocycles. The minimum absolute atomic E-state index is 0.0396. The van der Waals surface area contributed by atoms with E-state index in [9.17, 15) is 13.2 Å². The zero-order chi connectivity index (χ0) is 18.6. The van der Waals surface area contributed by atoms with Crippen LogP contribution in [0, 0.1) is 0 Å². The second-order valence-electron chi connectivity index (χ2n) is 6.84. The lowest BCUT2D eigenvalue weighted by Crippen LogP contribution is -2.24. The predicted octanol–water partition coefficient (Wildman–Crippen LogP) is 2.80. The Balaban J connectivity index is 1.57. The summed E-state index contributed by atoms with van der Waals surface area (Å²) in [6.45, 7) is 0.364. The number of hydrogen-bond donors (Lipinski definition) is 2. The average Bonchev–Trinajstić information content (AvgIpc) is 2.59. The normalized spacial score (nSPS) is 13.7. The van der Waals surface area contributed by atoms with Crippen molar-refractivity contribution in [2.24, 2.45) is 0 Å². The molecular weight excluding hydrogens is 348 g/mol. The summed E-state index contributed by atoms with van der Waals surface area (Å²) in [6, 6.07) is 13.4. The molecule has 26 heavy (non-hydrogen) atoms. The van der Waals surface area contributed by atoms with Gasteiger partial charge in [-0.3, -0.25) is 9.52 Å². The van der Waals surface area contributed by atoms with Gasteiger partial charge in [0.1, 0.15) is 0 Å². The van der Waals surface area contributed by atoms with E-state index in [1.807, 2.05) is 12.1 Å². The monoisotopic (exact) mass is 372 g/mol. The first-order chi connectivity index (χ1) is 12.4. The average molecular weight is 372 g/mol. The van der Waals surface area contributed by atoms with Gasteiger partial charge in [-0.25, -0.2) is 8.42 Å². The summed E-state index contributed by atoms with van der Waals surface area (Å²) in [5.41, 5.74) is 5.17. The van der Waals surface area contributed by atoms with Gasteiger partial charge in [0, 0.05) is 12.2 Å². The summed E-state index contributed by atoms with van der Waals surface area (Å²) >= 11 is 0. The molecule has 0 saturated carbocycles. The van der Waals surface area contributed by atoms with Crippen LogP contribution in [0.2, 0.25) is 0 Å². The van der Waals surface area contributed by atoms with Crippen LogP contribution in [-0.4, -0.2) is 20.6 Å². The summed E-state index contributed by atoms with van der Waals surface area (Å²) in [5.74, 6) is -0.0396. The van der Waals surface area contributed by atoms with Crippen LogP contribution in [0.5, 0.6) is 0 Å². The quantitative estimate of drug-likeness (QED) is 0.819. The van der Waals surface area contributed by atoms with Crippen molar-refractivity contribution in [2.75, 3.05) is 11.0 Å². The standard InChI is InChI=1S/C20H24N2O3S/c1-26(24,25)22-19-8-4-5-16(12-19)14-21-20(23)13-15-9-10-17-6-2-3-7-18(17)11-15/h4-5,8-12,22H,2-3,6-7,13-14H2,1H3,(H,21,23).